The van der Waals surface area contributed by atoms with Gasteiger partial charge in [0.15, 0.2) is 14.1 Å². The minimum absolute atomic E-state index is 0.195. The number of imidazole rings is 1. The molecule has 1 aromatic carbocycles. The number of aryl methyl sites for hydroxylation is 1. The van der Waals surface area contributed by atoms with Crippen LogP contribution in [0.25, 0.3) is 11.0 Å². The van der Waals surface area contributed by atoms with Gasteiger partial charge in [-0.1, -0.05) is 36.7 Å². The zero-order valence-electron chi connectivity index (χ0n) is 14.4. The highest BCUT2D eigenvalue weighted by atomic mass is 79.9. The zero-order valence-corrected chi connectivity index (χ0v) is 17.0. The van der Waals surface area contributed by atoms with Gasteiger partial charge < -0.3 is 8.99 Å². The molecule has 0 bridgehead atoms. The molecule has 3 rings (SSSR count). The second-order valence-electron chi connectivity index (χ2n) is 7.92. The highest BCUT2D eigenvalue weighted by molar-refractivity contribution is 9.10. The van der Waals surface area contributed by atoms with Gasteiger partial charge in [0, 0.05) is 10.9 Å². The van der Waals surface area contributed by atoms with Crippen molar-refractivity contribution in [3.63, 3.8) is 0 Å². The largest absolute Gasteiger partial charge is 0.415 e. The van der Waals surface area contributed by atoms with Crippen molar-refractivity contribution in [3.8, 4) is 0 Å². The lowest BCUT2D eigenvalue weighted by Crippen LogP contribution is -2.42. The van der Waals surface area contributed by atoms with Gasteiger partial charge in [0.05, 0.1) is 18.2 Å². The summed E-state index contributed by atoms with van der Waals surface area (Å²) < 4.78 is 23.5. The molecule has 126 valence electrons. The Labute approximate surface area is 146 Å². The molecule has 0 radical (unpaired) electrons. The summed E-state index contributed by atoms with van der Waals surface area (Å²) in [6.07, 6.45) is 1.90. The van der Waals surface area contributed by atoms with Gasteiger partial charge in [0.1, 0.15) is 11.3 Å². The minimum atomic E-state index is -1.78. The van der Waals surface area contributed by atoms with Crippen molar-refractivity contribution in [2.24, 2.45) is 0 Å². The molecule has 0 unspecified atom stereocenters. The SMILES string of the molecule is CC(C)(C)[Si](C)(C)OC[C@@H]1CCc2nc3c(F)cc(Br)cc3n21. The Balaban J connectivity index is 1.90. The lowest BCUT2D eigenvalue weighted by atomic mass is 10.2. The predicted molar refractivity (Wildman–Crippen MR) is 97.9 cm³/mol. The van der Waals surface area contributed by atoms with Crippen LogP contribution in [0.5, 0.6) is 0 Å². The number of hydrogen-bond acceptors (Lipinski definition) is 2. The number of halogens is 2. The predicted octanol–water partition coefficient (Wildman–Crippen LogP) is 5.45. The molecular formula is C17H24BrFN2OSi. The summed E-state index contributed by atoms with van der Waals surface area (Å²) in [6, 6.07) is 3.68. The third-order valence-electron chi connectivity index (χ3n) is 5.30. The summed E-state index contributed by atoms with van der Waals surface area (Å²) in [5, 5.41) is 0.195. The van der Waals surface area contributed by atoms with E-state index in [0.29, 0.717) is 12.1 Å². The van der Waals surface area contributed by atoms with Gasteiger partial charge in [0.2, 0.25) is 0 Å². The van der Waals surface area contributed by atoms with Gasteiger partial charge >= 0.3 is 0 Å². The van der Waals surface area contributed by atoms with E-state index in [4.69, 9.17) is 4.43 Å². The van der Waals surface area contributed by atoms with Gasteiger partial charge in [-0.05, 0) is 36.7 Å². The first-order valence-corrected chi connectivity index (χ1v) is 11.8. The number of fused-ring (bicyclic) bond motifs is 3. The average molecular weight is 399 g/mol. The van der Waals surface area contributed by atoms with Gasteiger partial charge in [-0.15, -0.1) is 0 Å². The lowest BCUT2D eigenvalue weighted by Gasteiger charge is -2.37. The summed E-state index contributed by atoms with van der Waals surface area (Å²) in [5.41, 5.74) is 1.34. The molecule has 0 fully saturated rings. The Bertz CT molecular complexity index is 751. The summed E-state index contributed by atoms with van der Waals surface area (Å²) in [5.74, 6) is 0.709. The van der Waals surface area contributed by atoms with Crippen LogP contribution >= 0.6 is 15.9 Å². The van der Waals surface area contributed by atoms with Crippen LogP contribution in [0.15, 0.2) is 16.6 Å². The molecule has 2 aromatic rings. The molecule has 0 amide bonds. The second-order valence-corrected chi connectivity index (χ2v) is 13.6. The summed E-state index contributed by atoms with van der Waals surface area (Å²) in [6.45, 7) is 12.0. The van der Waals surface area contributed by atoms with Gasteiger partial charge in [0.25, 0.3) is 0 Å². The van der Waals surface area contributed by atoms with E-state index in [-0.39, 0.29) is 16.9 Å². The van der Waals surface area contributed by atoms with E-state index < -0.39 is 8.32 Å². The van der Waals surface area contributed by atoms with E-state index in [1.165, 1.54) is 6.07 Å². The zero-order chi connectivity index (χ0) is 17.0. The molecule has 23 heavy (non-hydrogen) atoms. The molecule has 0 N–H and O–H groups in total. The summed E-state index contributed by atoms with van der Waals surface area (Å²) in [4.78, 5) is 4.50. The third kappa shape index (κ3) is 3.01. The van der Waals surface area contributed by atoms with Crippen LogP contribution < -0.4 is 0 Å². The van der Waals surface area contributed by atoms with E-state index >= 15 is 0 Å². The van der Waals surface area contributed by atoms with E-state index in [1.54, 1.807) is 0 Å². The topological polar surface area (TPSA) is 27.1 Å². The van der Waals surface area contributed by atoms with Crippen molar-refractivity contribution in [3.05, 3.63) is 28.2 Å². The Morgan fingerprint density at radius 2 is 2.09 bits per heavy atom. The van der Waals surface area contributed by atoms with Crippen LogP contribution in [-0.4, -0.2) is 24.5 Å². The van der Waals surface area contributed by atoms with Crippen molar-refractivity contribution in [1.82, 2.24) is 9.55 Å². The van der Waals surface area contributed by atoms with Crippen molar-refractivity contribution < 1.29 is 8.82 Å². The highest BCUT2D eigenvalue weighted by Crippen LogP contribution is 2.39. The molecule has 1 aliphatic rings. The average Bonchev–Trinajstić information content (AvgIpc) is 2.95. The molecule has 1 aliphatic heterocycles. The maximum Gasteiger partial charge on any atom is 0.192 e. The first-order chi connectivity index (χ1) is 10.6. The maximum atomic E-state index is 14.1. The quantitative estimate of drug-likeness (QED) is 0.642. The van der Waals surface area contributed by atoms with Crippen molar-refractivity contribution in [2.45, 2.75) is 57.8 Å². The molecule has 0 saturated heterocycles. The fraction of sp³-hybridized carbons (Fsp3) is 0.588. The Hall–Kier alpha value is -0.723. The first kappa shape index (κ1) is 17.1. The van der Waals surface area contributed by atoms with E-state index in [1.807, 2.05) is 6.07 Å². The van der Waals surface area contributed by atoms with Crippen LogP contribution in [0.2, 0.25) is 18.1 Å². The molecule has 0 saturated carbocycles. The molecule has 1 atom stereocenters. The number of hydrogen-bond donors (Lipinski definition) is 0. The van der Waals surface area contributed by atoms with Crippen molar-refractivity contribution in [1.29, 1.82) is 0 Å². The van der Waals surface area contributed by atoms with Crippen LogP contribution in [0.1, 0.15) is 39.1 Å². The number of aromatic nitrogens is 2. The normalized spacial score (nSPS) is 18.7. The highest BCUT2D eigenvalue weighted by Gasteiger charge is 2.38. The van der Waals surface area contributed by atoms with Gasteiger partial charge in [-0.3, -0.25) is 0 Å². The van der Waals surface area contributed by atoms with Gasteiger partial charge in [-0.25, -0.2) is 9.37 Å². The van der Waals surface area contributed by atoms with E-state index in [0.717, 1.165) is 28.7 Å². The van der Waals surface area contributed by atoms with E-state index in [9.17, 15) is 4.39 Å². The van der Waals surface area contributed by atoms with Crippen molar-refractivity contribution >= 4 is 35.3 Å². The van der Waals surface area contributed by atoms with Crippen LogP contribution in [0.4, 0.5) is 4.39 Å². The molecule has 0 aliphatic carbocycles. The number of nitrogens with zero attached hydrogens (tertiary/aromatic N) is 2. The smallest absolute Gasteiger partial charge is 0.192 e. The van der Waals surface area contributed by atoms with Gasteiger partial charge in [-0.2, -0.15) is 0 Å². The number of benzene rings is 1. The molecular weight excluding hydrogens is 375 g/mol. The first-order valence-electron chi connectivity index (χ1n) is 8.10. The van der Waals surface area contributed by atoms with E-state index in [2.05, 4.69) is 59.3 Å². The standard InChI is InChI=1S/C17H24BrFN2OSi/c1-17(2,3)23(4,5)22-10-12-6-7-15-20-16-13(19)8-11(18)9-14(16)21(12)15/h8-9,12H,6-7,10H2,1-5H3/t12-/m0/s1. The molecule has 2 heterocycles. The Morgan fingerprint density at radius 3 is 2.74 bits per heavy atom. The summed E-state index contributed by atoms with van der Waals surface area (Å²) >= 11 is 3.39. The molecule has 3 nitrogen and oxygen atoms in total. The fourth-order valence-electron chi connectivity index (χ4n) is 2.86. The molecule has 6 heteroatoms. The summed E-state index contributed by atoms with van der Waals surface area (Å²) in [7, 11) is -1.78. The molecule has 1 aromatic heterocycles. The maximum absolute atomic E-state index is 14.1. The lowest BCUT2D eigenvalue weighted by molar-refractivity contribution is 0.235. The monoisotopic (exact) mass is 398 g/mol. The van der Waals surface area contributed by atoms with Crippen LogP contribution in [0.3, 0.4) is 0 Å². The number of rotatable bonds is 3. The Kier molecular flexibility index (Phi) is 4.22. The molecule has 0 spiro atoms. The van der Waals surface area contributed by atoms with Crippen LogP contribution in [-0.2, 0) is 10.8 Å². The minimum Gasteiger partial charge on any atom is -0.415 e. The Morgan fingerprint density at radius 1 is 1.39 bits per heavy atom. The second kappa shape index (κ2) is 5.67. The fourth-order valence-corrected chi connectivity index (χ4v) is 4.32. The van der Waals surface area contributed by atoms with Crippen molar-refractivity contribution in [2.75, 3.05) is 6.61 Å². The van der Waals surface area contributed by atoms with Crippen LogP contribution in [0, 0.1) is 5.82 Å². The third-order valence-corrected chi connectivity index (χ3v) is 10.3.